The van der Waals surface area contributed by atoms with Crippen LogP contribution in [0.1, 0.15) is 12.8 Å². The Labute approximate surface area is 141 Å². The quantitative estimate of drug-likeness (QED) is 0.597. The summed E-state index contributed by atoms with van der Waals surface area (Å²) in [4.78, 5) is 8.36. The molecule has 0 amide bonds. The maximum Gasteiger partial charge on any atom is 0.223 e. The predicted molar refractivity (Wildman–Crippen MR) is 98.7 cm³/mol. The molecule has 1 fully saturated rings. The lowest BCUT2D eigenvalue weighted by atomic mass is 10.1. The van der Waals surface area contributed by atoms with Gasteiger partial charge in [-0.1, -0.05) is 42.5 Å². The summed E-state index contributed by atoms with van der Waals surface area (Å²) in [6.45, 7) is 1.93. The van der Waals surface area contributed by atoms with Crippen LogP contribution in [0, 0.1) is 0 Å². The highest BCUT2D eigenvalue weighted by molar-refractivity contribution is 5.94. The number of rotatable bonds is 3. The molecule has 1 aliphatic rings. The summed E-state index contributed by atoms with van der Waals surface area (Å²) in [6.07, 6.45) is 2.33. The molecule has 24 heavy (non-hydrogen) atoms. The Morgan fingerprint density at radius 2 is 1.50 bits per heavy atom. The Hall–Kier alpha value is -2.86. The van der Waals surface area contributed by atoms with Gasteiger partial charge >= 0.3 is 0 Å². The minimum absolute atomic E-state index is 0.131. The van der Waals surface area contributed by atoms with Gasteiger partial charge in [0.15, 0.2) is 0 Å². The van der Waals surface area contributed by atoms with Gasteiger partial charge in [-0.25, -0.2) is 10.0 Å². The van der Waals surface area contributed by atoms with Crippen molar-refractivity contribution in [1.82, 2.24) is 10.4 Å². The Balaban J connectivity index is 1.66. The van der Waals surface area contributed by atoms with Crippen LogP contribution in [0.5, 0.6) is 0 Å². The average Bonchev–Trinajstić information content (AvgIpc) is 3.09. The second-order valence-corrected chi connectivity index (χ2v) is 5.69. The zero-order chi connectivity index (χ0) is 16.8. The third-order valence-corrected chi connectivity index (χ3v) is 3.83. The zero-order valence-electron chi connectivity index (χ0n) is 13.5. The molecule has 0 atom stereocenters. The molecular formula is C18H22N6. The number of nitrogens with one attached hydrogen (secondary N) is 1. The fourth-order valence-corrected chi connectivity index (χ4v) is 2.66. The first-order valence-electron chi connectivity index (χ1n) is 8.06. The van der Waals surface area contributed by atoms with Crippen LogP contribution >= 0.6 is 0 Å². The Bertz CT molecular complexity index is 715. The van der Waals surface area contributed by atoms with E-state index in [1.807, 2.05) is 47.5 Å². The zero-order valence-corrected chi connectivity index (χ0v) is 13.5. The molecule has 3 rings (SSSR count). The van der Waals surface area contributed by atoms with Crippen molar-refractivity contribution >= 4 is 17.6 Å². The van der Waals surface area contributed by atoms with Gasteiger partial charge in [0.1, 0.15) is 0 Å². The average molecular weight is 322 g/mol. The van der Waals surface area contributed by atoms with E-state index >= 15 is 0 Å². The molecule has 2 aromatic carbocycles. The van der Waals surface area contributed by atoms with Crippen molar-refractivity contribution in [2.45, 2.75) is 12.8 Å². The molecule has 1 heterocycles. The fourth-order valence-electron chi connectivity index (χ4n) is 2.66. The number of hydrogen-bond acceptors (Lipinski definition) is 2. The number of nitrogens with zero attached hydrogens (tertiary/aromatic N) is 3. The summed E-state index contributed by atoms with van der Waals surface area (Å²) in [6, 6.07) is 18.0. The van der Waals surface area contributed by atoms with E-state index in [0.717, 1.165) is 42.7 Å². The molecule has 2 aromatic rings. The Morgan fingerprint density at radius 1 is 0.875 bits per heavy atom. The molecule has 0 aromatic heterocycles. The highest BCUT2D eigenvalue weighted by Gasteiger charge is 2.11. The minimum atomic E-state index is 0.131. The first-order valence-corrected chi connectivity index (χ1v) is 8.06. The van der Waals surface area contributed by atoms with Crippen LogP contribution in [0.15, 0.2) is 64.6 Å². The van der Waals surface area contributed by atoms with E-state index in [1.165, 1.54) is 0 Å². The molecule has 124 valence electrons. The molecule has 0 unspecified atom stereocenters. The van der Waals surface area contributed by atoms with Crippen molar-refractivity contribution < 1.29 is 0 Å². The predicted octanol–water partition coefficient (Wildman–Crippen LogP) is 2.21. The van der Waals surface area contributed by atoms with Crippen molar-refractivity contribution in [1.29, 1.82) is 0 Å². The van der Waals surface area contributed by atoms with Gasteiger partial charge in [0.05, 0.1) is 5.69 Å². The molecule has 0 bridgehead atoms. The number of benzene rings is 2. The standard InChI is InChI=1S/C18H22N6/c19-17(22-18(20)23-24-12-4-5-13-24)21-16-10-8-15(9-11-16)14-6-2-1-3-7-14/h1-3,6-11H,4-5,12-13H2,(H5,19,20,21,22,23). The lowest BCUT2D eigenvalue weighted by Gasteiger charge is -2.16. The normalized spacial score (nSPS) is 16.3. The molecule has 5 N–H and O–H groups in total. The van der Waals surface area contributed by atoms with E-state index in [2.05, 4.69) is 27.5 Å². The van der Waals surface area contributed by atoms with Crippen LogP contribution in [0.2, 0.25) is 0 Å². The first kappa shape index (κ1) is 16.0. The van der Waals surface area contributed by atoms with E-state index in [4.69, 9.17) is 11.5 Å². The van der Waals surface area contributed by atoms with Crippen LogP contribution in [0.25, 0.3) is 11.1 Å². The fraction of sp³-hybridized carbons (Fsp3) is 0.222. The summed E-state index contributed by atoms with van der Waals surface area (Å²) in [7, 11) is 0. The molecular weight excluding hydrogens is 300 g/mol. The molecule has 0 saturated carbocycles. The SMILES string of the molecule is NC(=Nc1ccc(-c2ccccc2)cc1)N=C(N)NN1CCCC1. The third kappa shape index (κ3) is 4.33. The second-order valence-electron chi connectivity index (χ2n) is 5.69. The molecule has 0 spiro atoms. The Kier molecular flexibility index (Phi) is 5.08. The number of hydrazine groups is 1. The van der Waals surface area contributed by atoms with E-state index in [-0.39, 0.29) is 11.9 Å². The highest BCUT2D eigenvalue weighted by atomic mass is 15.5. The number of nitrogens with two attached hydrogens (primary N) is 2. The second kappa shape index (κ2) is 7.61. The summed E-state index contributed by atoms with van der Waals surface area (Å²) < 4.78 is 0. The minimum Gasteiger partial charge on any atom is -0.368 e. The van der Waals surface area contributed by atoms with Crippen LogP contribution < -0.4 is 16.9 Å². The van der Waals surface area contributed by atoms with Crippen LogP contribution in [0.4, 0.5) is 5.69 Å². The number of aliphatic imine (C=N–C) groups is 2. The molecule has 6 nitrogen and oxygen atoms in total. The third-order valence-electron chi connectivity index (χ3n) is 3.83. The van der Waals surface area contributed by atoms with E-state index < -0.39 is 0 Å². The summed E-state index contributed by atoms with van der Waals surface area (Å²) in [5.74, 6) is 0.394. The van der Waals surface area contributed by atoms with Crippen LogP contribution in [-0.4, -0.2) is 30.0 Å². The van der Waals surface area contributed by atoms with Crippen LogP contribution in [-0.2, 0) is 0 Å². The van der Waals surface area contributed by atoms with Gasteiger partial charge in [-0.2, -0.15) is 4.99 Å². The van der Waals surface area contributed by atoms with Gasteiger partial charge in [-0.3, -0.25) is 5.43 Å². The van der Waals surface area contributed by atoms with Gasteiger partial charge in [0.2, 0.25) is 11.9 Å². The van der Waals surface area contributed by atoms with Gasteiger partial charge in [0.25, 0.3) is 0 Å². The van der Waals surface area contributed by atoms with E-state index in [1.54, 1.807) is 0 Å². The smallest absolute Gasteiger partial charge is 0.223 e. The molecule has 0 aliphatic carbocycles. The van der Waals surface area contributed by atoms with Crippen molar-refractivity contribution in [2.75, 3.05) is 13.1 Å². The van der Waals surface area contributed by atoms with Crippen molar-refractivity contribution in [3.8, 4) is 11.1 Å². The van der Waals surface area contributed by atoms with E-state index in [0.29, 0.717) is 0 Å². The summed E-state index contributed by atoms with van der Waals surface area (Å²) >= 11 is 0. The number of guanidine groups is 2. The van der Waals surface area contributed by atoms with Crippen molar-refractivity contribution in [3.63, 3.8) is 0 Å². The van der Waals surface area contributed by atoms with Gasteiger partial charge < -0.3 is 11.5 Å². The molecule has 6 heteroatoms. The number of hydrogen-bond donors (Lipinski definition) is 3. The first-order chi connectivity index (χ1) is 11.7. The lowest BCUT2D eigenvalue weighted by molar-refractivity contribution is 0.294. The summed E-state index contributed by atoms with van der Waals surface area (Å²) in [5, 5.41) is 2.03. The van der Waals surface area contributed by atoms with Crippen LogP contribution in [0.3, 0.4) is 0 Å². The van der Waals surface area contributed by atoms with Gasteiger partial charge in [-0.15, -0.1) is 0 Å². The molecule has 1 saturated heterocycles. The lowest BCUT2D eigenvalue weighted by Crippen LogP contribution is -2.45. The maximum absolute atomic E-state index is 5.85. The summed E-state index contributed by atoms with van der Waals surface area (Å²) in [5.41, 5.74) is 17.8. The van der Waals surface area contributed by atoms with Gasteiger partial charge in [-0.05, 0) is 36.1 Å². The maximum atomic E-state index is 5.85. The van der Waals surface area contributed by atoms with E-state index in [9.17, 15) is 0 Å². The topological polar surface area (TPSA) is 92.0 Å². The Morgan fingerprint density at radius 3 is 2.17 bits per heavy atom. The molecule has 0 radical (unpaired) electrons. The largest absolute Gasteiger partial charge is 0.368 e. The monoisotopic (exact) mass is 322 g/mol. The molecule has 1 aliphatic heterocycles. The highest BCUT2D eigenvalue weighted by Crippen LogP contribution is 2.22. The van der Waals surface area contributed by atoms with Crippen molar-refractivity contribution in [2.24, 2.45) is 21.5 Å². The van der Waals surface area contributed by atoms with Crippen molar-refractivity contribution in [3.05, 3.63) is 54.6 Å². The van der Waals surface area contributed by atoms with Gasteiger partial charge in [0, 0.05) is 13.1 Å².